The number of esters is 1. The molecule has 1 atom stereocenters. The maximum absolute atomic E-state index is 14.0. The number of Topliss-reactive ketones (excluding diaryl/α,β-unsaturated/α-hetero) is 1. The molecule has 0 fully saturated rings. The lowest BCUT2D eigenvalue weighted by Crippen LogP contribution is -2.34. The third-order valence-electron chi connectivity index (χ3n) is 5.49. The maximum atomic E-state index is 14.0. The van der Waals surface area contributed by atoms with E-state index in [1.54, 1.807) is 6.92 Å². The number of ketones is 1. The fourth-order valence-electron chi connectivity index (χ4n) is 4.08. The van der Waals surface area contributed by atoms with Crippen molar-refractivity contribution in [2.24, 2.45) is 0 Å². The molecule has 0 spiro atoms. The Bertz CT molecular complexity index is 1070. The number of benzene rings is 2. The van der Waals surface area contributed by atoms with E-state index in [4.69, 9.17) is 4.74 Å². The van der Waals surface area contributed by atoms with Crippen LogP contribution in [-0.2, 0) is 20.9 Å². The molecule has 0 amide bonds. The van der Waals surface area contributed by atoms with Gasteiger partial charge in [0.1, 0.15) is 6.61 Å². The van der Waals surface area contributed by atoms with E-state index in [1.807, 2.05) is 30.3 Å². The Morgan fingerprint density at radius 1 is 1.10 bits per heavy atom. The van der Waals surface area contributed by atoms with Crippen molar-refractivity contribution >= 4 is 11.8 Å². The number of rotatable bonds is 4. The van der Waals surface area contributed by atoms with Crippen molar-refractivity contribution in [2.45, 2.75) is 38.7 Å². The van der Waals surface area contributed by atoms with Crippen LogP contribution in [0.3, 0.4) is 0 Å². The van der Waals surface area contributed by atoms with Gasteiger partial charge in [0, 0.05) is 29.3 Å². The molecule has 1 aliphatic carbocycles. The molecular formula is C24H21F2NO3. The van der Waals surface area contributed by atoms with Crippen LogP contribution in [0.25, 0.3) is 0 Å². The van der Waals surface area contributed by atoms with Gasteiger partial charge in [-0.15, -0.1) is 0 Å². The van der Waals surface area contributed by atoms with Crippen LogP contribution in [-0.4, -0.2) is 11.8 Å². The number of carbonyl (C=O) groups excluding carboxylic acids is 2. The van der Waals surface area contributed by atoms with Crippen molar-refractivity contribution in [3.63, 3.8) is 0 Å². The Labute approximate surface area is 173 Å². The van der Waals surface area contributed by atoms with Gasteiger partial charge in [0.2, 0.25) is 0 Å². The molecule has 1 heterocycles. The molecular weight excluding hydrogens is 388 g/mol. The molecule has 30 heavy (non-hydrogen) atoms. The monoisotopic (exact) mass is 409 g/mol. The van der Waals surface area contributed by atoms with Crippen LogP contribution in [0.15, 0.2) is 71.1 Å². The summed E-state index contributed by atoms with van der Waals surface area (Å²) in [7, 11) is 0. The number of nitrogens with one attached hydrogen (secondary N) is 1. The summed E-state index contributed by atoms with van der Waals surface area (Å²) in [6, 6.07) is 12.7. The molecule has 0 bridgehead atoms. The summed E-state index contributed by atoms with van der Waals surface area (Å²) in [6.07, 6.45) is 1.72. The van der Waals surface area contributed by atoms with Gasteiger partial charge in [-0.05, 0) is 43.0 Å². The largest absolute Gasteiger partial charge is 0.457 e. The lowest BCUT2D eigenvalue weighted by atomic mass is 9.75. The van der Waals surface area contributed by atoms with Crippen LogP contribution in [0, 0.1) is 11.6 Å². The molecule has 0 radical (unpaired) electrons. The van der Waals surface area contributed by atoms with Crippen molar-refractivity contribution in [3.8, 4) is 0 Å². The second kappa shape index (κ2) is 8.22. The molecule has 6 heteroatoms. The Morgan fingerprint density at radius 2 is 1.87 bits per heavy atom. The minimum Gasteiger partial charge on any atom is -0.457 e. The van der Waals surface area contributed by atoms with Crippen molar-refractivity contribution in [1.82, 2.24) is 5.32 Å². The van der Waals surface area contributed by atoms with Crippen molar-refractivity contribution < 1.29 is 23.1 Å². The summed E-state index contributed by atoms with van der Waals surface area (Å²) >= 11 is 0. The highest BCUT2D eigenvalue weighted by atomic mass is 19.2. The maximum Gasteiger partial charge on any atom is 0.337 e. The number of hydrogen-bond acceptors (Lipinski definition) is 4. The van der Waals surface area contributed by atoms with Gasteiger partial charge in [-0.1, -0.05) is 36.4 Å². The Hall–Kier alpha value is -3.28. The van der Waals surface area contributed by atoms with E-state index in [0.717, 1.165) is 23.4 Å². The fourth-order valence-corrected chi connectivity index (χ4v) is 4.08. The SMILES string of the molecule is CC1=C(C(=O)OCc2ccccc2)[C@H](c2ccc(F)c(F)c2)C2=C(CCCC2=O)N1. The third-order valence-corrected chi connectivity index (χ3v) is 5.49. The zero-order valence-electron chi connectivity index (χ0n) is 16.5. The number of ether oxygens (including phenoxy) is 1. The average Bonchev–Trinajstić information content (AvgIpc) is 2.74. The van der Waals surface area contributed by atoms with Crippen LogP contribution in [0.2, 0.25) is 0 Å². The fraction of sp³-hybridized carbons (Fsp3) is 0.250. The summed E-state index contributed by atoms with van der Waals surface area (Å²) in [5.41, 5.74) is 3.14. The smallest absolute Gasteiger partial charge is 0.337 e. The van der Waals surface area contributed by atoms with Crippen molar-refractivity contribution in [2.75, 3.05) is 0 Å². The van der Waals surface area contributed by atoms with Crippen molar-refractivity contribution in [3.05, 3.63) is 93.8 Å². The van der Waals surface area contributed by atoms with Crippen LogP contribution >= 0.6 is 0 Å². The zero-order chi connectivity index (χ0) is 21.3. The molecule has 0 unspecified atom stereocenters. The topological polar surface area (TPSA) is 55.4 Å². The van der Waals surface area contributed by atoms with E-state index in [1.165, 1.54) is 6.07 Å². The predicted octanol–water partition coefficient (Wildman–Crippen LogP) is 4.68. The first kappa shape index (κ1) is 20.0. The van der Waals surface area contributed by atoms with Crippen LogP contribution < -0.4 is 5.32 Å². The summed E-state index contributed by atoms with van der Waals surface area (Å²) in [5.74, 6) is -3.49. The van der Waals surface area contributed by atoms with Gasteiger partial charge in [0.05, 0.1) is 5.57 Å². The highest BCUT2D eigenvalue weighted by molar-refractivity contribution is 6.03. The Kier molecular flexibility index (Phi) is 5.48. The highest BCUT2D eigenvalue weighted by Crippen LogP contribution is 2.42. The standard InChI is InChI=1S/C24H21F2NO3/c1-14-21(24(29)30-13-15-6-3-2-4-7-15)22(16-10-11-17(25)18(26)12-16)23-19(27-14)8-5-9-20(23)28/h2-4,6-7,10-12,22,27H,5,8-9,13H2,1H3/t22-/m0/s1. The van der Waals surface area contributed by atoms with E-state index in [9.17, 15) is 18.4 Å². The van der Waals surface area contributed by atoms with Crippen LogP contribution in [0.1, 0.15) is 43.2 Å². The summed E-state index contributed by atoms with van der Waals surface area (Å²) in [6.45, 7) is 1.80. The molecule has 0 saturated carbocycles. The second-order valence-electron chi connectivity index (χ2n) is 7.50. The molecule has 2 aliphatic rings. The number of allylic oxidation sites excluding steroid dienone is 3. The lowest BCUT2D eigenvalue weighted by molar-refractivity contribution is -0.140. The molecule has 2 aromatic rings. The van der Waals surface area contributed by atoms with E-state index in [0.29, 0.717) is 36.1 Å². The first-order chi connectivity index (χ1) is 14.5. The second-order valence-corrected chi connectivity index (χ2v) is 7.50. The molecule has 0 aromatic heterocycles. The van der Waals surface area contributed by atoms with Crippen molar-refractivity contribution in [1.29, 1.82) is 0 Å². The number of hydrogen-bond donors (Lipinski definition) is 1. The minimum absolute atomic E-state index is 0.0702. The van der Waals surface area contributed by atoms with Gasteiger partial charge in [-0.3, -0.25) is 4.79 Å². The Morgan fingerprint density at radius 3 is 2.60 bits per heavy atom. The van der Waals surface area contributed by atoms with Gasteiger partial charge in [-0.2, -0.15) is 0 Å². The number of carbonyl (C=O) groups is 2. The molecule has 1 N–H and O–H groups in total. The van der Waals surface area contributed by atoms with Gasteiger partial charge >= 0.3 is 5.97 Å². The summed E-state index contributed by atoms with van der Waals surface area (Å²) in [5, 5.41) is 3.17. The molecule has 4 nitrogen and oxygen atoms in total. The van der Waals surface area contributed by atoms with Crippen LogP contribution in [0.5, 0.6) is 0 Å². The van der Waals surface area contributed by atoms with Crippen LogP contribution in [0.4, 0.5) is 8.78 Å². The van der Waals surface area contributed by atoms with E-state index < -0.39 is 23.5 Å². The highest BCUT2D eigenvalue weighted by Gasteiger charge is 2.39. The molecule has 0 saturated heterocycles. The predicted molar refractivity (Wildman–Crippen MR) is 107 cm³/mol. The molecule has 154 valence electrons. The first-order valence-corrected chi connectivity index (χ1v) is 9.85. The summed E-state index contributed by atoms with van der Waals surface area (Å²) < 4.78 is 33.1. The van der Waals surface area contributed by atoms with E-state index in [-0.39, 0.29) is 18.0 Å². The van der Waals surface area contributed by atoms with Gasteiger partial charge in [-0.25, -0.2) is 13.6 Å². The quantitative estimate of drug-likeness (QED) is 0.746. The minimum atomic E-state index is -1.02. The van der Waals surface area contributed by atoms with E-state index >= 15 is 0 Å². The number of halogens is 2. The first-order valence-electron chi connectivity index (χ1n) is 9.85. The molecule has 1 aliphatic heterocycles. The number of dihydropyridines is 1. The van der Waals surface area contributed by atoms with Gasteiger partial charge in [0.25, 0.3) is 0 Å². The lowest BCUT2D eigenvalue weighted by Gasteiger charge is -2.34. The van der Waals surface area contributed by atoms with E-state index in [2.05, 4.69) is 5.32 Å². The third kappa shape index (κ3) is 3.77. The molecule has 4 rings (SSSR count). The normalized spacial score (nSPS) is 18.8. The zero-order valence-corrected chi connectivity index (χ0v) is 16.5. The van der Waals surface area contributed by atoms with Gasteiger partial charge in [0.15, 0.2) is 17.4 Å². The summed E-state index contributed by atoms with van der Waals surface area (Å²) in [4.78, 5) is 25.9. The average molecular weight is 409 g/mol. The Balaban J connectivity index is 1.73. The molecule has 2 aromatic carbocycles. The van der Waals surface area contributed by atoms with Gasteiger partial charge < -0.3 is 10.1 Å².